The van der Waals surface area contributed by atoms with Gasteiger partial charge in [0.1, 0.15) is 0 Å². The summed E-state index contributed by atoms with van der Waals surface area (Å²) in [6.45, 7) is 5.79. The van der Waals surface area contributed by atoms with Gasteiger partial charge in [-0.15, -0.1) is 0 Å². The lowest BCUT2D eigenvalue weighted by Crippen LogP contribution is -2.19. The molecule has 5 rings (SSSR count). The van der Waals surface area contributed by atoms with Crippen molar-refractivity contribution >= 4 is 15.9 Å². The Morgan fingerprint density at radius 3 is 2.40 bits per heavy atom. The number of aromatic amines is 1. The van der Waals surface area contributed by atoms with Crippen molar-refractivity contribution in [3.05, 3.63) is 77.1 Å². The van der Waals surface area contributed by atoms with Crippen LogP contribution in [0.15, 0.2) is 65.2 Å². The normalized spacial score (nSPS) is 17.8. The second-order valence-corrected chi connectivity index (χ2v) is 12.4. The van der Waals surface area contributed by atoms with Crippen molar-refractivity contribution in [3.8, 4) is 11.4 Å². The number of sulfone groups is 1. The maximum Gasteiger partial charge on any atom is 0.181 e. The summed E-state index contributed by atoms with van der Waals surface area (Å²) < 4.78 is 30.9. The average molecular weight is 491 g/mol. The highest BCUT2D eigenvalue weighted by molar-refractivity contribution is 7.92. The fourth-order valence-electron chi connectivity index (χ4n) is 4.97. The van der Waals surface area contributed by atoms with Gasteiger partial charge in [0.15, 0.2) is 9.84 Å². The highest BCUT2D eigenvalue weighted by Gasteiger charge is 2.37. The molecule has 0 spiro atoms. The summed E-state index contributed by atoms with van der Waals surface area (Å²) in [4.78, 5) is 8.73. The van der Waals surface area contributed by atoms with E-state index in [-0.39, 0.29) is 11.2 Å². The minimum atomic E-state index is -3.18. The first-order valence-corrected chi connectivity index (χ1v) is 14.2. The van der Waals surface area contributed by atoms with Crippen molar-refractivity contribution < 1.29 is 13.2 Å². The van der Waals surface area contributed by atoms with Gasteiger partial charge in [-0.2, -0.15) is 0 Å². The second-order valence-electron chi connectivity index (χ2n) is 10.2. The highest BCUT2D eigenvalue weighted by atomic mass is 32.2. The van der Waals surface area contributed by atoms with Crippen molar-refractivity contribution in [2.24, 2.45) is 5.92 Å². The van der Waals surface area contributed by atoms with Crippen molar-refractivity contribution in [3.63, 3.8) is 0 Å². The first-order valence-electron chi connectivity index (χ1n) is 12.6. The molecule has 2 fully saturated rings. The molecule has 5 nitrogen and oxygen atoms in total. The van der Waals surface area contributed by atoms with Crippen LogP contribution in [0.3, 0.4) is 0 Å². The summed E-state index contributed by atoms with van der Waals surface area (Å²) >= 11 is 0. The molecule has 1 N–H and O–H groups in total. The molecule has 1 aliphatic heterocycles. The Kier molecular flexibility index (Phi) is 6.94. The van der Waals surface area contributed by atoms with Gasteiger partial charge in [-0.25, -0.2) is 8.42 Å². The lowest BCUT2D eigenvalue weighted by atomic mass is 9.83. The molecule has 3 aromatic rings. The van der Waals surface area contributed by atoms with Crippen LogP contribution in [0.2, 0.25) is 0 Å². The van der Waals surface area contributed by atoms with Crippen LogP contribution in [0.4, 0.5) is 0 Å². The summed E-state index contributed by atoms with van der Waals surface area (Å²) in [5, 5.41) is -0.187. The van der Waals surface area contributed by atoms with Gasteiger partial charge in [-0.1, -0.05) is 29.8 Å². The predicted molar refractivity (Wildman–Crippen MR) is 140 cm³/mol. The lowest BCUT2D eigenvalue weighted by Gasteiger charge is -2.27. The fourth-order valence-corrected chi connectivity index (χ4v) is 6.62. The monoisotopic (exact) mass is 490 g/mol. The SMILES string of the molecule is CC(C)=Cc1ccc(-c2ccc(C(CC3CCOCC3)c3ccc(S(=O)(=O)C4CC4)cc3)[nH]2)nc1. The zero-order chi connectivity index (χ0) is 24.4. The zero-order valence-corrected chi connectivity index (χ0v) is 21.4. The number of rotatable bonds is 8. The van der Waals surface area contributed by atoms with Gasteiger partial charge in [0.05, 0.1) is 21.5 Å². The van der Waals surface area contributed by atoms with Gasteiger partial charge in [-0.3, -0.25) is 4.98 Å². The average Bonchev–Trinajstić information content (AvgIpc) is 3.62. The van der Waals surface area contributed by atoms with Crippen LogP contribution in [0.1, 0.15) is 68.7 Å². The number of benzene rings is 1. The molecule has 0 amide bonds. The summed E-state index contributed by atoms with van der Waals surface area (Å²) in [5.41, 5.74) is 6.53. The van der Waals surface area contributed by atoms with Crippen LogP contribution in [0.25, 0.3) is 17.5 Å². The van der Waals surface area contributed by atoms with Crippen LogP contribution in [0, 0.1) is 5.92 Å². The van der Waals surface area contributed by atoms with Crippen LogP contribution in [-0.4, -0.2) is 36.8 Å². The molecule has 1 saturated carbocycles. The van der Waals surface area contributed by atoms with E-state index in [0.29, 0.717) is 10.8 Å². The predicted octanol–water partition coefficient (Wildman–Crippen LogP) is 6.38. The van der Waals surface area contributed by atoms with E-state index in [1.54, 1.807) is 12.1 Å². The van der Waals surface area contributed by atoms with E-state index in [2.05, 4.69) is 54.2 Å². The number of pyridine rings is 1. The highest BCUT2D eigenvalue weighted by Crippen LogP contribution is 2.37. The topological polar surface area (TPSA) is 72.1 Å². The number of aromatic nitrogens is 2. The fraction of sp³-hybridized carbons (Fsp3) is 0.414. The zero-order valence-electron chi connectivity index (χ0n) is 20.5. The smallest absolute Gasteiger partial charge is 0.181 e. The lowest BCUT2D eigenvalue weighted by molar-refractivity contribution is 0.0626. The van der Waals surface area contributed by atoms with E-state index in [4.69, 9.17) is 4.74 Å². The minimum absolute atomic E-state index is 0.162. The van der Waals surface area contributed by atoms with Gasteiger partial charge < -0.3 is 9.72 Å². The number of nitrogens with one attached hydrogen (secondary N) is 1. The molecule has 1 aliphatic carbocycles. The molecule has 0 radical (unpaired) electrons. The van der Waals surface area contributed by atoms with Crippen molar-refractivity contribution in [2.45, 2.75) is 62.0 Å². The van der Waals surface area contributed by atoms with Crippen molar-refractivity contribution in [1.29, 1.82) is 0 Å². The van der Waals surface area contributed by atoms with E-state index in [9.17, 15) is 8.42 Å². The Hall–Kier alpha value is -2.70. The summed E-state index contributed by atoms with van der Waals surface area (Å²) in [7, 11) is -3.18. The van der Waals surface area contributed by atoms with Gasteiger partial charge in [0.2, 0.25) is 0 Å². The van der Waals surface area contributed by atoms with E-state index < -0.39 is 9.84 Å². The molecular formula is C29H34N2O3S. The number of nitrogens with zero attached hydrogens (tertiary/aromatic N) is 1. The number of hydrogen-bond acceptors (Lipinski definition) is 4. The third-order valence-corrected chi connectivity index (χ3v) is 9.36. The first kappa shape index (κ1) is 24.0. The maximum absolute atomic E-state index is 12.7. The molecular weight excluding hydrogens is 456 g/mol. The third-order valence-electron chi connectivity index (χ3n) is 7.09. The Balaban J connectivity index is 1.42. The van der Waals surface area contributed by atoms with Crippen LogP contribution < -0.4 is 0 Å². The van der Waals surface area contributed by atoms with Crippen LogP contribution in [-0.2, 0) is 14.6 Å². The molecule has 3 heterocycles. The van der Waals surface area contributed by atoms with Gasteiger partial charge in [-0.05, 0) is 93.3 Å². The molecule has 6 heteroatoms. The third kappa shape index (κ3) is 5.60. The molecule has 1 atom stereocenters. The van der Waals surface area contributed by atoms with E-state index in [1.807, 2.05) is 18.3 Å². The molecule has 2 aromatic heterocycles. The summed E-state index contributed by atoms with van der Waals surface area (Å²) in [6.07, 6.45) is 8.72. The Morgan fingerprint density at radius 1 is 1.03 bits per heavy atom. The number of H-pyrrole nitrogens is 1. The second kappa shape index (κ2) is 10.1. The minimum Gasteiger partial charge on any atom is -0.381 e. The molecule has 1 aromatic carbocycles. The number of allylic oxidation sites excluding steroid dienone is 1. The summed E-state index contributed by atoms with van der Waals surface area (Å²) in [6, 6.07) is 16.0. The molecule has 1 saturated heterocycles. The van der Waals surface area contributed by atoms with Crippen molar-refractivity contribution in [2.75, 3.05) is 13.2 Å². The number of hydrogen-bond donors (Lipinski definition) is 1. The number of ether oxygens (including phenoxy) is 1. The Labute approximate surface area is 208 Å². The largest absolute Gasteiger partial charge is 0.381 e. The maximum atomic E-state index is 12.7. The van der Waals surface area contributed by atoms with E-state index >= 15 is 0 Å². The molecule has 1 unspecified atom stereocenters. The molecule has 184 valence electrons. The standard InChI is InChI=1S/C29H34N2O3S/c1-20(2)17-22-3-10-28(30-19-22)29-12-11-27(31-29)26(18-21-13-15-34-16-14-21)23-4-6-24(7-5-23)35(32,33)25-8-9-25/h3-7,10-12,17,19,21,25-26,31H,8-9,13-16,18H2,1-2H3. The van der Waals surface area contributed by atoms with Crippen LogP contribution >= 0.6 is 0 Å². The van der Waals surface area contributed by atoms with Gasteiger partial charge >= 0.3 is 0 Å². The van der Waals surface area contributed by atoms with Gasteiger partial charge in [0.25, 0.3) is 0 Å². The molecule has 2 aliphatic rings. The Morgan fingerprint density at radius 2 is 1.77 bits per heavy atom. The molecule has 35 heavy (non-hydrogen) atoms. The quantitative estimate of drug-likeness (QED) is 0.397. The van der Waals surface area contributed by atoms with E-state index in [1.165, 1.54) is 5.57 Å². The Bertz CT molecular complexity index is 1280. The van der Waals surface area contributed by atoms with Gasteiger partial charge in [0, 0.05) is 31.0 Å². The molecule has 0 bridgehead atoms. The van der Waals surface area contributed by atoms with E-state index in [0.717, 1.165) is 73.5 Å². The van der Waals surface area contributed by atoms with Crippen molar-refractivity contribution in [1.82, 2.24) is 9.97 Å². The van der Waals surface area contributed by atoms with Crippen LogP contribution in [0.5, 0.6) is 0 Å². The summed E-state index contributed by atoms with van der Waals surface area (Å²) in [5.74, 6) is 0.742. The first-order chi connectivity index (χ1) is 16.9.